The third-order valence-electron chi connectivity index (χ3n) is 7.72. The summed E-state index contributed by atoms with van der Waals surface area (Å²) in [5.74, 6) is -1.48. The molecule has 0 unspecified atom stereocenters. The summed E-state index contributed by atoms with van der Waals surface area (Å²) in [7, 11) is 0. The van der Waals surface area contributed by atoms with Crippen LogP contribution in [0.15, 0.2) is 59.8 Å². The van der Waals surface area contributed by atoms with Gasteiger partial charge in [0.05, 0.1) is 0 Å². The number of hydrogen-bond donors (Lipinski definition) is 2. The van der Waals surface area contributed by atoms with E-state index in [9.17, 15) is 14.7 Å². The summed E-state index contributed by atoms with van der Waals surface area (Å²) in [5, 5.41) is 20.5. The second-order valence-corrected chi connectivity index (χ2v) is 11.8. The van der Waals surface area contributed by atoms with Gasteiger partial charge in [0, 0.05) is 24.0 Å². The van der Waals surface area contributed by atoms with Crippen LogP contribution in [0.25, 0.3) is 0 Å². The summed E-state index contributed by atoms with van der Waals surface area (Å²) in [6.45, 7) is 16.4. The number of rotatable bonds is 8. The van der Waals surface area contributed by atoms with Crippen LogP contribution in [0.3, 0.4) is 0 Å². The second-order valence-electron chi connectivity index (χ2n) is 11.8. The molecule has 2 aliphatic rings. The zero-order chi connectivity index (χ0) is 26.4. The SMILES string of the molecule is C=C1CCCC(C)(C)[C@H]1/C=C/C(C)=C/C(=O)OC[C@]1(O)CCCC(C)(C)[C@@H]1/C=C/C(C)=C/C(=O)O. The highest BCUT2D eigenvalue weighted by molar-refractivity contribution is 5.83. The van der Waals surface area contributed by atoms with Gasteiger partial charge in [-0.1, -0.05) is 64.2 Å². The van der Waals surface area contributed by atoms with E-state index >= 15 is 0 Å². The molecule has 0 radical (unpaired) electrons. The molecule has 5 heteroatoms. The molecule has 0 heterocycles. The van der Waals surface area contributed by atoms with Crippen LogP contribution in [0.5, 0.6) is 0 Å². The molecule has 2 aliphatic carbocycles. The van der Waals surface area contributed by atoms with E-state index in [1.165, 1.54) is 18.1 Å². The normalized spacial score (nSPS) is 29.5. The number of carboxylic acids is 1. The first-order valence-corrected chi connectivity index (χ1v) is 12.7. The maximum Gasteiger partial charge on any atom is 0.331 e. The monoisotopic (exact) mass is 484 g/mol. The van der Waals surface area contributed by atoms with Crippen molar-refractivity contribution in [2.45, 2.75) is 85.7 Å². The molecule has 2 N–H and O–H groups in total. The molecule has 35 heavy (non-hydrogen) atoms. The fourth-order valence-corrected chi connectivity index (χ4v) is 5.73. The zero-order valence-corrected chi connectivity index (χ0v) is 22.4. The Morgan fingerprint density at radius 1 is 0.971 bits per heavy atom. The third kappa shape index (κ3) is 8.06. The van der Waals surface area contributed by atoms with Gasteiger partial charge in [0.1, 0.15) is 12.2 Å². The number of carbonyl (C=O) groups is 2. The number of hydrogen-bond acceptors (Lipinski definition) is 4. The van der Waals surface area contributed by atoms with Crippen molar-refractivity contribution in [1.82, 2.24) is 0 Å². The highest BCUT2D eigenvalue weighted by Crippen LogP contribution is 2.47. The minimum atomic E-state index is -1.21. The first-order valence-electron chi connectivity index (χ1n) is 12.7. The molecule has 0 aromatic heterocycles. The van der Waals surface area contributed by atoms with Crippen molar-refractivity contribution in [3.05, 3.63) is 59.8 Å². The van der Waals surface area contributed by atoms with Crippen LogP contribution < -0.4 is 0 Å². The Balaban J connectivity index is 2.09. The summed E-state index contributed by atoms with van der Waals surface area (Å²) >= 11 is 0. The topological polar surface area (TPSA) is 83.8 Å². The number of carbonyl (C=O) groups excluding carboxylic acids is 1. The molecular weight excluding hydrogens is 440 g/mol. The van der Waals surface area contributed by atoms with Gasteiger partial charge in [0.15, 0.2) is 0 Å². The Bertz CT molecular complexity index is 930. The molecule has 0 bridgehead atoms. The van der Waals surface area contributed by atoms with Gasteiger partial charge < -0.3 is 14.9 Å². The van der Waals surface area contributed by atoms with Gasteiger partial charge in [-0.25, -0.2) is 9.59 Å². The standard InChI is InChI=1S/C30H44O5/c1-21(18-26(31)32)12-14-25-29(6,7)16-9-17-30(25,34)20-35-27(33)19-22(2)11-13-24-23(3)10-8-15-28(24,4)5/h11-14,18-19,24-25,34H,3,8-10,15-17,20H2,1-2,4-7H3,(H,31,32)/b13-11+,14-12+,21-18+,22-19+/t24-,25-,30+/m0/s1. The predicted octanol–water partition coefficient (Wildman–Crippen LogP) is 6.56. The van der Waals surface area contributed by atoms with E-state index < -0.39 is 17.5 Å². The minimum absolute atomic E-state index is 0.105. The van der Waals surface area contributed by atoms with E-state index in [4.69, 9.17) is 9.84 Å². The molecular formula is C30H44O5. The van der Waals surface area contributed by atoms with Crippen LogP contribution in [0.2, 0.25) is 0 Å². The number of carboxylic acid groups (broad SMARTS) is 1. The highest BCUT2D eigenvalue weighted by atomic mass is 16.5. The molecule has 0 aromatic rings. The summed E-state index contributed by atoms with van der Waals surface area (Å²) in [4.78, 5) is 23.5. The average Bonchev–Trinajstić information content (AvgIpc) is 2.70. The Labute approximate surface area is 211 Å². The summed E-state index contributed by atoms with van der Waals surface area (Å²) in [5.41, 5.74) is 1.35. The van der Waals surface area contributed by atoms with Gasteiger partial charge in [-0.3, -0.25) is 0 Å². The molecule has 2 fully saturated rings. The van der Waals surface area contributed by atoms with Gasteiger partial charge in [-0.15, -0.1) is 0 Å². The van der Waals surface area contributed by atoms with Crippen molar-refractivity contribution in [3.63, 3.8) is 0 Å². The fraction of sp³-hybridized carbons (Fsp3) is 0.600. The highest BCUT2D eigenvalue weighted by Gasteiger charge is 2.47. The molecule has 0 aliphatic heterocycles. The van der Waals surface area contributed by atoms with Crippen LogP contribution in [0, 0.1) is 22.7 Å². The molecule has 194 valence electrons. The molecule has 2 rings (SSSR count). The Hall–Kier alpha value is -2.40. The Morgan fingerprint density at radius 3 is 2.20 bits per heavy atom. The van der Waals surface area contributed by atoms with Crippen LogP contribution in [-0.2, 0) is 14.3 Å². The second kappa shape index (κ2) is 11.6. The van der Waals surface area contributed by atoms with Crippen LogP contribution in [-0.4, -0.2) is 34.4 Å². The van der Waals surface area contributed by atoms with Crippen LogP contribution >= 0.6 is 0 Å². The largest absolute Gasteiger partial charge is 0.478 e. The van der Waals surface area contributed by atoms with E-state index in [0.717, 1.165) is 37.3 Å². The first-order chi connectivity index (χ1) is 16.2. The number of esters is 1. The minimum Gasteiger partial charge on any atom is -0.478 e. The van der Waals surface area contributed by atoms with Gasteiger partial charge in [0.25, 0.3) is 0 Å². The smallest absolute Gasteiger partial charge is 0.331 e. The van der Waals surface area contributed by atoms with Crippen molar-refractivity contribution in [1.29, 1.82) is 0 Å². The number of aliphatic carboxylic acids is 1. The van der Waals surface area contributed by atoms with Crippen LogP contribution in [0.1, 0.15) is 80.1 Å². The van der Waals surface area contributed by atoms with Crippen molar-refractivity contribution in [2.24, 2.45) is 22.7 Å². The van der Waals surface area contributed by atoms with E-state index in [1.807, 2.05) is 19.1 Å². The zero-order valence-electron chi connectivity index (χ0n) is 22.4. The van der Waals surface area contributed by atoms with E-state index in [-0.39, 0.29) is 29.3 Å². The maximum absolute atomic E-state index is 12.6. The van der Waals surface area contributed by atoms with Crippen molar-refractivity contribution in [2.75, 3.05) is 6.61 Å². The Morgan fingerprint density at radius 2 is 1.57 bits per heavy atom. The first kappa shape index (κ1) is 28.8. The Kier molecular flexibility index (Phi) is 9.52. The van der Waals surface area contributed by atoms with E-state index in [0.29, 0.717) is 12.0 Å². The summed E-state index contributed by atoms with van der Waals surface area (Å²) < 4.78 is 5.54. The average molecular weight is 485 g/mol. The maximum atomic E-state index is 12.6. The number of aliphatic hydroxyl groups is 1. The number of allylic oxidation sites excluding steroid dienone is 6. The van der Waals surface area contributed by atoms with Gasteiger partial charge in [-0.05, 0) is 74.3 Å². The van der Waals surface area contributed by atoms with Gasteiger partial charge >= 0.3 is 11.9 Å². The van der Waals surface area contributed by atoms with Crippen molar-refractivity contribution in [3.8, 4) is 0 Å². The lowest BCUT2D eigenvalue weighted by molar-refractivity contribution is -0.158. The third-order valence-corrected chi connectivity index (χ3v) is 7.72. The molecule has 0 amide bonds. The quantitative estimate of drug-likeness (QED) is 0.176. The molecule has 3 atom stereocenters. The molecule has 0 aromatic carbocycles. The predicted molar refractivity (Wildman–Crippen MR) is 141 cm³/mol. The lowest BCUT2D eigenvalue weighted by Crippen LogP contribution is -2.51. The lowest BCUT2D eigenvalue weighted by atomic mass is 9.61. The van der Waals surface area contributed by atoms with Gasteiger partial charge in [0.2, 0.25) is 0 Å². The number of ether oxygens (including phenoxy) is 1. The van der Waals surface area contributed by atoms with Gasteiger partial charge in [-0.2, -0.15) is 0 Å². The van der Waals surface area contributed by atoms with Crippen molar-refractivity contribution >= 4 is 11.9 Å². The molecule has 2 saturated carbocycles. The van der Waals surface area contributed by atoms with E-state index in [1.54, 1.807) is 13.0 Å². The van der Waals surface area contributed by atoms with Crippen molar-refractivity contribution < 1.29 is 24.5 Å². The summed E-state index contributed by atoms with van der Waals surface area (Å²) in [6.07, 6.45) is 15.9. The lowest BCUT2D eigenvalue weighted by Gasteiger charge is -2.48. The summed E-state index contributed by atoms with van der Waals surface area (Å²) in [6, 6.07) is 0. The molecule has 0 spiro atoms. The molecule has 5 nitrogen and oxygen atoms in total. The molecule has 0 saturated heterocycles. The van der Waals surface area contributed by atoms with Crippen LogP contribution in [0.4, 0.5) is 0 Å². The fourth-order valence-electron chi connectivity index (χ4n) is 5.73. The van der Waals surface area contributed by atoms with E-state index in [2.05, 4.69) is 40.3 Å².